The molecule has 4 rings (SSSR count). The molecule has 2 N–H and O–H groups in total. The van der Waals surface area contributed by atoms with E-state index in [9.17, 15) is 4.79 Å². The van der Waals surface area contributed by atoms with E-state index in [4.69, 9.17) is 11.6 Å². The van der Waals surface area contributed by atoms with Crippen molar-refractivity contribution in [1.82, 2.24) is 20.4 Å². The molecule has 2 aliphatic rings. The van der Waals surface area contributed by atoms with E-state index in [0.717, 1.165) is 49.2 Å². The molecule has 2 heterocycles. The number of nitrogens with zero attached hydrogens (tertiary/aromatic N) is 2. The third-order valence-electron chi connectivity index (χ3n) is 4.75. The van der Waals surface area contributed by atoms with Crippen molar-refractivity contribution >= 4 is 17.5 Å². The van der Waals surface area contributed by atoms with Crippen LogP contribution in [0.2, 0.25) is 5.02 Å². The van der Waals surface area contributed by atoms with E-state index in [1.807, 2.05) is 29.2 Å². The summed E-state index contributed by atoms with van der Waals surface area (Å²) in [5.41, 5.74) is 3.90. The molecule has 0 bridgehead atoms. The Balaban J connectivity index is 1.66. The standard InChI is InChI=1S/C17H19ClN4O/c18-12-4-1-3-11(9-12)15-10-19-7-8-22(15)17(23)16-13-5-2-6-14(13)20-21-16/h1,3-4,9,15,19H,2,5-8,10H2,(H,20,21). The molecule has 1 aromatic carbocycles. The van der Waals surface area contributed by atoms with Gasteiger partial charge in [0, 0.05) is 35.9 Å². The van der Waals surface area contributed by atoms with Crippen molar-refractivity contribution in [1.29, 1.82) is 0 Å². The van der Waals surface area contributed by atoms with Gasteiger partial charge in [-0.05, 0) is 37.0 Å². The fourth-order valence-corrected chi connectivity index (χ4v) is 3.79. The fourth-order valence-electron chi connectivity index (χ4n) is 3.59. The second kappa shape index (κ2) is 5.98. The molecule has 1 unspecified atom stereocenters. The quantitative estimate of drug-likeness (QED) is 0.888. The van der Waals surface area contributed by atoms with Gasteiger partial charge in [-0.3, -0.25) is 9.89 Å². The van der Waals surface area contributed by atoms with Gasteiger partial charge in [-0.15, -0.1) is 0 Å². The molecule has 120 valence electrons. The van der Waals surface area contributed by atoms with E-state index in [1.54, 1.807) is 0 Å². The van der Waals surface area contributed by atoms with Gasteiger partial charge in [0.1, 0.15) is 0 Å². The predicted molar refractivity (Wildman–Crippen MR) is 88.7 cm³/mol. The summed E-state index contributed by atoms with van der Waals surface area (Å²) in [4.78, 5) is 15.0. The van der Waals surface area contributed by atoms with Crippen molar-refractivity contribution < 1.29 is 4.79 Å². The van der Waals surface area contributed by atoms with Crippen LogP contribution in [-0.4, -0.2) is 40.6 Å². The minimum atomic E-state index is -0.0105. The molecule has 2 aromatic rings. The molecule has 1 amide bonds. The first-order valence-corrected chi connectivity index (χ1v) is 8.45. The second-order valence-electron chi connectivity index (χ2n) is 6.16. The van der Waals surface area contributed by atoms with Crippen LogP contribution in [0.1, 0.15) is 39.8 Å². The molecule has 5 nitrogen and oxygen atoms in total. The maximum absolute atomic E-state index is 13.1. The summed E-state index contributed by atoms with van der Waals surface area (Å²) >= 11 is 6.13. The van der Waals surface area contributed by atoms with Crippen molar-refractivity contribution in [3.05, 3.63) is 51.8 Å². The van der Waals surface area contributed by atoms with E-state index < -0.39 is 0 Å². The summed E-state index contributed by atoms with van der Waals surface area (Å²) in [5, 5.41) is 11.4. The molecule has 1 aromatic heterocycles. The molecule has 23 heavy (non-hydrogen) atoms. The number of halogens is 1. The molecule has 0 radical (unpaired) electrons. The van der Waals surface area contributed by atoms with E-state index in [0.29, 0.717) is 17.3 Å². The topological polar surface area (TPSA) is 61.0 Å². The van der Waals surface area contributed by atoms with Gasteiger partial charge in [0.2, 0.25) is 0 Å². The molecule has 0 spiro atoms. The molecular weight excluding hydrogens is 312 g/mol. The third-order valence-corrected chi connectivity index (χ3v) is 4.98. The van der Waals surface area contributed by atoms with Gasteiger partial charge in [0.15, 0.2) is 5.69 Å². The predicted octanol–water partition coefficient (Wildman–Crippen LogP) is 2.34. The Bertz CT molecular complexity index is 742. The first-order valence-electron chi connectivity index (χ1n) is 8.07. The molecule has 1 saturated heterocycles. The fraction of sp³-hybridized carbons (Fsp3) is 0.412. The van der Waals surface area contributed by atoms with Crippen LogP contribution >= 0.6 is 11.6 Å². The van der Waals surface area contributed by atoms with Gasteiger partial charge in [-0.2, -0.15) is 5.10 Å². The lowest BCUT2D eigenvalue weighted by Gasteiger charge is -2.36. The molecule has 1 atom stereocenters. The lowest BCUT2D eigenvalue weighted by atomic mass is 10.0. The number of aryl methyl sites for hydroxylation is 1. The van der Waals surface area contributed by atoms with Crippen molar-refractivity contribution in [2.24, 2.45) is 0 Å². The average Bonchev–Trinajstić information content (AvgIpc) is 3.17. The van der Waals surface area contributed by atoms with Crippen LogP contribution in [0.5, 0.6) is 0 Å². The maximum Gasteiger partial charge on any atom is 0.275 e. The average molecular weight is 331 g/mol. The Morgan fingerprint density at radius 1 is 1.35 bits per heavy atom. The minimum absolute atomic E-state index is 0.0105. The van der Waals surface area contributed by atoms with E-state index >= 15 is 0 Å². The zero-order valence-corrected chi connectivity index (χ0v) is 13.6. The van der Waals surface area contributed by atoms with E-state index in [-0.39, 0.29) is 11.9 Å². The molecule has 1 fully saturated rings. The van der Waals surface area contributed by atoms with E-state index in [2.05, 4.69) is 15.5 Å². The van der Waals surface area contributed by atoms with Gasteiger partial charge in [0.25, 0.3) is 5.91 Å². The third kappa shape index (κ3) is 2.64. The number of aromatic nitrogens is 2. The molecule has 1 aliphatic carbocycles. The number of hydrogen-bond donors (Lipinski definition) is 2. The Kier molecular flexibility index (Phi) is 3.83. The molecule has 1 aliphatic heterocycles. The Morgan fingerprint density at radius 3 is 3.13 bits per heavy atom. The van der Waals surface area contributed by atoms with Crippen molar-refractivity contribution in [2.45, 2.75) is 25.3 Å². The largest absolute Gasteiger partial charge is 0.328 e. The zero-order chi connectivity index (χ0) is 15.8. The number of rotatable bonds is 2. The molecule has 0 saturated carbocycles. The number of nitrogens with one attached hydrogen (secondary N) is 2. The van der Waals surface area contributed by atoms with Crippen molar-refractivity contribution in [3.63, 3.8) is 0 Å². The number of aromatic amines is 1. The molecular formula is C17H19ClN4O. The SMILES string of the molecule is O=C(c1n[nH]c2c1CCC2)N1CCNCC1c1cccc(Cl)c1. The van der Waals surface area contributed by atoms with Crippen molar-refractivity contribution in [3.8, 4) is 0 Å². The number of H-pyrrole nitrogens is 1. The van der Waals surface area contributed by atoms with Crippen LogP contribution in [0.3, 0.4) is 0 Å². The van der Waals surface area contributed by atoms with E-state index in [1.165, 1.54) is 0 Å². The number of fused-ring (bicyclic) bond motifs is 1. The summed E-state index contributed by atoms with van der Waals surface area (Å²) in [6.45, 7) is 2.21. The highest BCUT2D eigenvalue weighted by Crippen LogP contribution is 2.29. The van der Waals surface area contributed by atoms with Crippen LogP contribution in [0.25, 0.3) is 0 Å². The highest BCUT2D eigenvalue weighted by Gasteiger charge is 2.32. The monoisotopic (exact) mass is 330 g/mol. The summed E-state index contributed by atoms with van der Waals surface area (Å²) in [5.74, 6) is 0.0240. The lowest BCUT2D eigenvalue weighted by molar-refractivity contribution is 0.0627. The Morgan fingerprint density at radius 2 is 2.26 bits per heavy atom. The van der Waals surface area contributed by atoms with Gasteiger partial charge < -0.3 is 10.2 Å². The number of piperazine rings is 1. The van der Waals surface area contributed by atoms with Gasteiger partial charge in [-0.1, -0.05) is 23.7 Å². The normalized spacial score (nSPS) is 20.6. The van der Waals surface area contributed by atoms with Crippen LogP contribution in [0.4, 0.5) is 0 Å². The number of hydrogen-bond acceptors (Lipinski definition) is 3. The van der Waals surface area contributed by atoms with Crippen molar-refractivity contribution in [2.75, 3.05) is 19.6 Å². The van der Waals surface area contributed by atoms with Crippen LogP contribution in [0.15, 0.2) is 24.3 Å². The maximum atomic E-state index is 13.1. The van der Waals surface area contributed by atoms with Crippen LogP contribution < -0.4 is 5.32 Å². The molecule has 6 heteroatoms. The van der Waals surface area contributed by atoms with Gasteiger partial charge >= 0.3 is 0 Å². The van der Waals surface area contributed by atoms with Gasteiger partial charge in [-0.25, -0.2) is 0 Å². The second-order valence-corrected chi connectivity index (χ2v) is 6.59. The summed E-state index contributed by atoms with van der Waals surface area (Å²) in [6.07, 6.45) is 3.04. The van der Waals surface area contributed by atoms with Crippen LogP contribution in [0, 0.1) is 0 Å². The highest BCUT2D eigenvalue weighted by molar-refractivity contribution is 6.30. The lowest BCUT2D eigenvalue weighted by Crippen LogP contribution is -2.49. The number of carbonyl (C=O) groups excluding carboxylic acids is 1. The number of carbonyl (C=O) groups is 1. The smallest absolute Gasteiger partial charge is 0.275 e. The zero-order valence-electron chi connectivity index (χ0n) is 12.8. The van der Waals surface area contributed by atoms with Gasteiger partial charge in [0.05, 0.1) is 6.04 Å². The number of benzene rings is 1. The first-order chi connectivity index (χ1) is 11.2. The Hall–Kier alpha value is -1.85. The summed E-state index contributed by atoms with van der Waals surface area (Å²) in [6, 6.07) is 7.74. The summed E-state index contributed by atoms with van der Waals surface area (Å²) < 4.78 is 0. The van der Waals surface area contributed by atoms with Crippen LogP contribution in [-0.2, 0) is 12.8 Å². The Labute approximate surface area is 140 Å². The minimum Gasteiger partial charge on any atom is -0.328 e. The first kappa shape index (κ1) is 14.7. The number of amides is 1. The highest BCUT2D eigenvalue weighted by atomic mass is 35.5. The summed E-state index contributed by atoms with van der Waals surface area (Å²) in [7, 11) is 0.